The van der Waals surface area contributed by atoms with Crippen molar-refractivity contribution in [2.75, 3.05) is 12.0 Å². The zero-order chi connectivity index (χ0) is 12.7. The number of carbonyl (C=O) groups excluding carboxylic acids is 1. The Morgan fingerprint density at radius 2 is 2.18 bits per heavy atom. The molecule has 17 heavy (non-hydrogen) atoms. The monoisotopic (exact) mass is 228 g/mol. The minimum absolute atomic E-state index is 0.221. The van der Waals surface area contributed by atoms with Crippen molar-refractivity contribution < 1.29 is 9.53 Å². The molecule has 0 aliphatic carbocycles. The number of ether oxygens (including phenoxy) is 1. The Hall–Kier alpha value is -2.86. The Morgan fingerprint density at radius 1 is 1.47 bits per heavy atom. The normalized spacial score (nSPS) is 8.41. The maximum Gasteiger partial charge on any atom is 0.419 e. The molecule has 1 amide bonds. The molecule has 0 spiro atoms. The Bertz CT molecular complexity index is 495. The van der Waals surface area contributed by atoms with Crippen LogP contribution in [-0.2, 0) is 4.74 Å². The van der Waals surface area contributed by atoms with Gasteiger partial charge in [-0.3, -0.25) is 0 Å². The van der Waals surface area contributed by atoms with Gasteiger partial charge in [-0.1, -0.05) is 6.07 Å². The molecule has 0 aromatic carbocycles. The average molecular weight is 228 g/mol. The van der Waals surface area contributed by atoms with Gasteiger partial charge in [-0.25, -0.2) is 14.7 Å². The van der Waals surface area contributed by atoms with Crippen molar-refractivity contribution in [3.63, 3.8) is 0 Å². The van der Waals surface area contributed by atoms with Crippen LogP contribution in [-0.4, -0.2) is 18.2 Å². The standard InChI is InChI=1S/C11H8N4O2/c1-17-11(16)15(8-9(6-12)7-13)10-4-2-3-5-14-10/h2-5,8H,1H3. The van der Waals surface area contributed by atoms with Crippen LogP contribution in [0.25, 0.3) is 0 Å². The molecular weight excluding hydrogens is 220 g/mol. The van der Waals surface area contributed by atoms with E-state index in [-0.39, 0.29) is 11.4 Å². The van der Waals surface area contributed by atoms with Gasteiger partial charge in [-0.05, 0) is 12.1 Å². The van der Waals surface area contributed by atoms with Crippen LogP contribution in [0.1, 0.15) is 0 Å². The SMILES string of the molecule is COC(=O)N(C=C(C#N)C#N)c1ccccn1. The lowest BCUT2D eigenvalue weighted by atomic mass is 10.3. The largest absolute Gasteiger partial charge is 0.452 e. The molecule has 1 aromatic rings. The molecule has 1 aromatic heterocycles. The number of nitriles is 2. The van der Waals surface area contributed by atoms with E-state index < -0.39 is 6.09 Å². The second kappa shape index (κ2) is 5.89. The number of hydrogen-bond donors (Lipinski definition) is 0. The highest BCUT2D eigenvalue weighted by atomic mass is 16.5. The number of rotatable bonds is 2. The van der Waals surface area contributed by atoms with Crippen molar-refractivity contribution in [3.05, 3.63) is 36.2 Å². The summed E-state index contributed by atoms with van der Waals surface area (Å²) in [5.41, 5.74) is -0.221. The summed E-state index contributed by atoms with van der Waals surface area (Å²) in [7, 11) is 1.20. The van der Waals surface area contributed by atoms with Gasteiger partial charge in [-0.2, -0.15) is 10.5 Å². The zero-order valence-corrected chi connectivity index (χ0v) is 8.99. The second-order valence-corrected chi connectivity index (χ2v) is 2.79. The van der Waals surface area contributed by atoms with Gasteiger partial charge < -0.3 is 4.74 Å². The van der Waals surface area contributed by atoms with Gasteiger partial charge in [0.05, 0.1) is 7.11 Å². The van der Waals surface area contributed by atoms with Crippen molar-refractivity contribution in [1.29, 1.82) is 10.5 Å². The van der Waals surface area contributed by atoms with Crippen LogP contribution in [0.2, 0.25) is 0 Å². The molecular formula is C11H8N4O2. The highest BCUT2D eigenvalue weighted by molar-refractivity contribution is 5.88. The van der Waals surface area contributed by atoms with E-state index in [4.69, 9.17) is 10.5 Å². The van der Waals surface area contributed by atoms with Crippen LogP contribution in [0.5, 0.6) is 0 Å². The molecule has 0 bridgehead atoms. The first-order chi connectivity index (χ1) is 8.22. The van der Waals surface area contributed by atoms with Crippen LogP contribution in [0.15, 0.2) is 36.2 Å². The van der Waals surface area contributed by atoms with Crippen molar-refractivity contribution in [1.82, 2.24) is 4.98 Å². The van der Waals surface area contributed by atoms with Gasteiger partial charge in [0.25, 0.3) is 0 Å². The summed E-state index contributed by atoms with van der Waals surface area (Å²) in [5, 5.41) is 17.3. The predicted molar refractivity (Wildman–Crippen MR) is 58.4 cm³/mol. The van der Waals surface area contributed by atoms with E-state index in [1.807, 2.05) is 0 Å². The van der Waals surface area contributed by atoms with Gasteiger partial charge >= 0.3 is 6.09 Å². The molecule has 0 saturated carbocycles. The third kappa shape index (κ3) is 3.05. The Morgan fingerprint density at radius 3 is 2.65 bits per heavy atom. The number of amides is 1. The predicted octanol–water partition coefficient (Wildman–Crippen LogP) is 1.59. The second-order valence-electron chi connectivity index (χ2n) is 2.79. The summed E-state index contributed by atoms with van der Waals surface area (Å²) in [6.07, 6.45) is 1.83. The lowest BCUT2D eigenvalue weighted by Crippen LogP contribution is -2.26. The molecule has 1 rings (SSSR count). The van der Waals surface area contributed by atoms with E-state index in [2.05, 4.69) is 9.72 Å². The molecule has 6 heteroatoms. The molecule has 1 heterocycles. The molecule has 0 saturated heterocycles. The number of allylic oxidation sites excluding steroid dienone is 1. The van der Waals surface area contributed by atoms with E-state index in [9.17, 15) is 4.79 Å². The summed E-state index contributed by atoms with van der Waals surface area (Å²) in [6, 6.07) is 8.21. The number of aromatic nitrogens is 1. The fraction of sp³-hybridized carbons (Fsp3) is 0.0909. The quantitative estimate of drug-likeness (QED) is 0.717. The molecule has 0 aliphatic rings. The highest BCUT2D eigenvalue weighted by Gasteiger charge is 2.15. The lowest BCUT2D eigenvalue weighted by molar-refractivity contribution is 0.181. The molecule has 6 nitrogen and oxygen atoms in total. The number of carbonyl (C=O) groups is 1. The fourth-order valence-electron chi connectivity index (χ4n) is 1.02. The van der Waals surface area contributed by atoms with E-state index in [1.165, 1.54) is 13.3 Å². The summed E-state index contributed by atoms with van der Waals surface area (Å²) in [6.45, 7) is 0. The number of anilines is 1. The van der Waals surface area contributed by atoms with E-state index in [0.717, 1.165) is 11.1 Å². The van der Waals surface area contributed by atoms with Gasteiger partial charge in [0.2, 0.25) is 0 Å². The molecule has 0 N–H and O–H groups in total. The third-order valence-corrected chi connectivity index (χ3v) is 1.77. The maximum absolute atomic E-state index is 11.5. The van der Waals surface area contributed by atoms with E-state index in [1.54, 1.807) is 30.3 Å². The van der Waals surface area contributed by atoms with Crippen LogP contribution < -0.4 is 4.90 Å². The number of pyridine rings is 1. The van der Waals surface area contributed by atoms with Gasteiger partial charge in [-0.15, -0.1) is 0 Å². The van der Waals surface area contributed by atoms with Crippen molar-refractivity contribution >= 4 is 11.9 Å². The molecule has 84 valence electrons. The van der Waals surface area contributed by atoms with Gasteiger partial charge in [0.1, 0.15) is 23.5 Å². The summed E-state index contributed by atoms with van der Waals surface area (Å²) >= 11 is 0. The first-order valence-electron chi connectivity index (χ1n) is 4.53. The summed E-state index contributed by atoms with van der Waals surface area (Å²) in [4.78, 5) is 16.4. The molecule has 0 atom stereocenters. The molecule has 0 aliphatic heterocycles. The molecule has 0 fully saturated rings. The van der Waals surface area contributed by atoms with Crippen molar-refractivity contribution in [3.8, 4) is 12.1 Å². The summed E-state index contributed by atoms with van der Waals surface area (Å²) < 4.78 is 4.54. The van der Waals surface area contributed by atoms with Crippen LogP contribution in [0.4, 0.5) is 10.6 Å². The smallest absolute Gasteiger partial charge is 0.419 e. The average Bonchev–Trinajstić information content (AvgIpc) is 2.40. The number of nitrogens with zero attached hydrogens (tertiary/aromatic N) is 4. The molecule has 0 unspecified atom stereocenters. The van der Waals surface area contributed by atoms with Crippen molar-refractivity contribution in [2.45, 2.75) is 0 Å². The van der Waals surface area contributed by atoms with Crippen LogP contribution in [0.3, 0.4) is 0 Å². The van der Waals surface area contributed by atoms with E-state index >= 15 is 0 Å². The first-order valence-corrected chi connectivity index (χ1v) is 4.53. The number of hydrogen-bond acceptors (Lipinski definition) is 5. The van der Waals surface area contributed by atoms with Crippen LogP contribution in [0, 0.1) is 22.7 Å². The Balaban J connectivity index is 3.16. The zero-order valence-electron chi connectivity index (χ0n) is 8.99. The van der Waals surface area contributed by atoms with Gasteiger partial charge in [0.15, 0.2) is 0 Å². The fourth-order valence-corrected chi connectivity index (χ4v) is 1.02. The Kier molecular flexibility index (Phi) is 4.23. The van der Waals surface area contributed by atoms with Crippen molar-refractivity contribution in [2.24, 2.45) is 0 Å². The summed E-state index contributed by atoms with van der Waals surface area (Å²) in [5.74, 6) is 0.266. The van der Waals surface area contributed by atoms with Gasteiger partial charge in [0, 0.05) is 12.4 Å². The highest BCUT2D eigenvalue weighted by Crippen LogP contribution is 2.12. The minimum Gasteiger partial charge on any atom is -0.452 e. The topological polar surface area (TPSA) is 90.0 Å². The van der Waals surface area contributed by atoms with E-state index in [0.29, 0.717) is 0 Å². The maximum atomic E-state index is 11.5. The number of methoxy groups -OCH3 is 1. The first kappa shape index (κ1) is 12.2. The lowest BCUT2D eigenvalue weighted by Gasteiger charge is -2.15. The van der Waals surface area contributed by atoms with Crippen LogP contribution >= 0.6 is 0 Å². The Labute approximate surface area is 98.0 Å². The minimum atomic E-state index is -0.730. The third-order valence-electron chi connectivity index (χ3n) is 1.77. The molecule has 0 radical (unpaired) electrons.